The Morgan fingerprint density at radius 1 is 1.14 bits per heavy atom. The lowest BCUT2D eigenvalue weighted by molar-refractivity contribution is -0.128. The van der Waals surface area contributed by atoms with E-state index in [4.69, 9.17) is 4.74 Å². The van der Waals surface area contributed by atoms with Gasteiger partial charge in [0.15, 0.2) is 0 Å². The van der Waals surface area contributed by atoms with Gasteiger partial charge in [0.05, 0.1) is 0 Å². The number of ether oxygens (including phenoxy) is 1. The summed E-state index contributed by atoms with van der Waals surface area (Å²) >= 11 is 0. The number of rotatable bonds is 6. The normalized spacial score (nSPS) is 9.95. The van der Waals surface area contributed by atoms with Gasteiger partial charge in [0.2, 0.25) is 0 Å². The highest BCUT2D eigenvalue weighted by Gasteiger charge is 2.05. The summed E-state index contributed by atoms with van der Waals surface area (Å²) in [6, 6.07) is 17.8. The maximum absolute atomic E-state index is 11.1. The minimum Gasteiger partial charge on any atom is -0.423 e. The first-order valence-corrected chi connectivity index (χ1v) is 6.96. The van der Waals surface area contributed by atoms with Gasteiger partial charge in [-0.2, -0.15) is 0 Å². The predicted molar refractivity (Wildman–Crippen MR) is 85.4 cm³/mol. The summed E-state index contributed by atoms with van der Waals surface area (Å²) in [4.78, 5) is 13.4. The molecule has 2 rings (SSSR count). The van der Waals surface area contributed by atoms with E-state index in [0.29, 0.717) is 5.75 Å². The molecule has 2 aromatic rings. The van der Waals surface area contributed by atoms with E-state index in [-0.39, 0.29) is 0 Å². The van der Waals surface area contributed by atoms with Crippen LogP contribution in [0.5, 0.6) is 5.75 Å². The fourth-order valence-corrected chi connectivity index (χ4v) is 2.07. The van der Waals surface area contributed by atoms with Gasteiger partial charge >= 0.3 is 5.97 Å². The molecule has 0 aliphatic carbocycles. The van der Waals surface area contributed by atoms with E-state index >= 15 is 0 Å². The van der Waals surface area contributed by atoms with E-state index in [1.54, 1.807) is 12.1 Å². The molecule has 0 fully saturated rings. The Kier molecular flexibility index (Phi) is 5.16. The van der Waals surface area contributed by atoms with Gasteiger partial charge in [-0.1, -0.05) is 36.9 Å². The van der Waals surface area contributed by atoms with Crippen molar-refractivity contribution < 1.29 is 9.53 Å². The van der Waals surface area contributed by atoms with Gasteiger partial charge in [0.25, 0.3) is 0 Å². The van der Waals surface area contributed by atoms with Crippen LogP contribution >= 0.6 is 0 Å². The van der Waals surface area contributed by atoms with Crippen LogP contribution in [0.4, 0.5) is 5.69 Å². The summed E-state index contributed by atoms with van der Waals surface area (Å²) in [5, 5.41) is 0. The molecule has 0 atom stereocenters. The van der Waals surface area contributed by atoms with Crippen molar-refractivity contribution >= 4 is 11.7 Å². The van der Waals surface area contributed by atoms with Gasteiger partial charge in [-0.05, 0) is 36.8 Å². The first-order valence-electron chi connectivity index (χ1n) is 6.96. The van der Waals surface area contributed by atoms with Crippen molar-refractivity contribution in [2.45, 2.75) is 13.5 Å². The number of hydrogen-bond acceptors (Lipinski definition) is 3. The largest absolute Gasteiger partial charge is 0.423 e. The molecule has 0 saturated carbocycles. The molecular formula is C18H19NO2. The standard InChI is InChI=1S/C18H19NO2/c1-3-18(20)21-17-12-10-15(11-13-17)14-19(4-2)16-8-6-5-7-9-16/h3,5-13H,1,4,14H2,2H3. The molecule has 0 bridgehead atoms. The molecule has 0 aliphatic heterocycles. The molecule has 3 heteroatoms. The van der Waals surface area contributed by atoms with Crippen LogP contribution in [0.1, 0.15) is 12.5 Å². The summed E-state index contributed by atoms with van der Waals surface area (Å²) in [5.74, 6) is 0.0913. The number of para-hydroxylation sites is 1. The molecule has 0 spiro atoms. The van der Waals surface area contributed by atoms with E-state index in [1.165, 1.54) is 11.3 Å². The Labute approximate surface area is 125 Å². The lowest BCUT2D eigenvalue weighted by Gasteiger charge is -2.23. The van der Waals surface area contributed by atoms with Crippen LogP contribution in [0.2, 0.25) is 0 Å². The van der Waals surface area contributed by atoms with E-state index < -0.39 is 5.97 Å². The minimum absolute atomic E-state index is 0.442. The molecule has 108 valence electrons. The smallest absolute Gasteiger partial charge is 0.335 e. The van der Waals surface area contributed by atoms with Crippen LogP contribution in [-0.2, 0) is 11.3 Å². The fraction of sp³-hybridized carbons (Fsp3) is 0.167. The van der Waals surface area contributed by atoms with Gasteiger partial charge in [-0.3, -0.25) is 0 Å². The molecule has 21 heavy (non-hydrogen) atoms. The predicted octanol–water partition coefficient (Wildman–Crippen LogP) is 3.80. The second kappa shape index (κ2) is 7.29. The lowest BCUT2D eigenvalue weighted by Crippen LogP contribution is -2.21. The molecule has 0 saturated heterocycles. The van der Waals surface area contributed by atoms with Crippen molar-refractivity contribution in [3.05, 3.63) is 72.8 Å². The molecule has 0 heterocycles. The summed E-state index contributed by atoms with van der Waals surface area (Å²) in [6.45, 7) is 7.25. The third-order valence-electron chi connectivity index (χ3n) is 3.18. The zero-order chi connectivity index (χ0) is 15.1. The van der Waals surface area contributed by atoms with E-state index in [2.05, 4.69) is 30.5 Å². The fourth-order valence-electron chi connectivity index (χ4n) is 2.07. The third kappa shape index (κ3) is 4.21. The number of carbonyl (C=O) groups is 1. The number of esters is 1. The van der Waals surface area contributed by atoms with Gasteiger partial charge < -0.3 is 9.64 Å². The van der Waals surface area contributed by atoms with Crippen molar-refractivity contribution in [1.29, 1.82) is 0 Å². The first kappa shape index (κ1) is 14.9. The van der Waals surface area contributed by atoms with Gasteiger partial charge in [-0.15, -0.1) is 0 Å². The van der Waals surface area contributed by atoms with E-state index in [0.717, 1.165) is 19.2 Å². The van der Waals surface area contributed by atoms with Crippen molar-refractivity contribution in [2.24, 2.45) is 0 Å². The molecule has 0 radical (unpaired) electrons. The average Bonchev–Trinajstić information content (AvgIpc) is 2.54. The summed E-state index contributed by atoms with van der Waals surface area (Å²) in [7, 11) is 0. The zero-order valence-electron chi connectivity index (χ0n) is 12.2. The van der Waals surface area contributed by atoms with Gasteiger partial charge in [0.1, 0.15) is 5.75 Å². The Morgan fingerprint density at radius 2 is 1.81 bits per heavy atom. The molecule has 2 aromatic carbocycles. The van der Waals surface area contributed by atoms with Crippen LogP contribution in [0, 0.1) is 0 Å². The molecule has 0 N–H and O–H groups in total. The van der Waals surface area contributed by atoms with Crippen LogP contribution in [0.25, 0.3) is 0 Å². The van der Waals surface area contributed by atoms with Crippen molar-refractivity contribution in [1.82, 2.24) is 0 Å². The van der Waals surface area contributed by atoms with Crippen LogP contribution < -0.4 is 9.64 Å². The maximum Gasteiger partial charge on any atom is 0.335 e. The van der Waals surface area contributed by atoms with Crippen molar-refractivity contribution in [3.63, 3.8) is 0 Å². The number of nitrogens with zero attached hydrogens (tertiary/aromatic N) is 1. The zero-order valence-corrected chi connectivity index (χ0v) is 12.2. The highest BCUT2D eigenvalue weighted by Crippen LogP contribution is 2.18. The minimum atomic E-state index is -0.442. The Balaban J connectivity index is 2.05. The Morgan fingerprint density at radius 3 is 2.38 bits per heavy atom. The highest BCUT2D eigenvalue weighted by molar-refractivity contribution is 5.83. The number of hydrogen-bond donors (Lipinski definition) is 0. The molecular weight excluding hydrogens is 262 g/mol. The van der Waals surface area contributed by atoms with Crippen molar-refractivity contribution in [3.8, 4) is 5.75 Å². The Bertz CT molecular complexity index is 590. The van der Waals surface area contributed by atoms with Crippen molar-refractivity contribution in [2.75, 3.05) is 11.4 Å². The third-order valence-corrected chi connectivity index (χ3v) is 3.18. The lowest BCUT2D eigenvalue weighted by atomic mass is 10.2. The average molecular weight is 281 g/mol. The van der Waals surface area contributed by atoms with Crippen LogP contribution in [0.15, 0.2) is 67.3 Å². The second-order valence-corrected chi connectivity index (χ2v) is 4.62. The molecule has 0 aliphatic rings. The Hall–Kier alpha value is -2.55. The monoisotopic (exact) mass is 281 g/mol. The summed E-state index contributed by atoms with van der Waals surface area (Å²) in [5.41, 5.74) is 2.36. The number of anilines is 1. The van der Waals surface area contributed by atoms with E-state index in [9.17, 15) is 4.79 Å². The molecule has 0 amide bonds. The molecule has 0 unspecified atom stereocenters. The number of carbonyl (C=O) groups excluding carboxylic acids is 1. The summed E-state index contributed by atoms with van der Waals surface area (Å²) in [6.07, 6.45) is 1.15. The topological polar surface area (TPSA) is 29.5 Å². The first-order chi connectivity index (χ1) is 10.2. The van der Waals surface area contributed by atoms with Gasteiger partial charge in [-0.25, -0.2) is 4.79 Å². The maximum atomic E-state index is 11.1. The molecule has 0 aromatic heterocycles. The second-order valence-electron chi connectivity index (χ2n) is 4.62. The molecule has 3 nitrogen and oxygen atoms in total. The highest BCUT2D eigenvalue weighted by atomic mass is 16.5. The van der Waals surface area contributed by atoms with Crippen LogP contribution in [-0.4, -0.2) is 12.5 Å². The SMILES string of the molecule is C=CC(=O)Oc1ccc(CN(CC)c2ccccc2)cc1. The van der Waals surface area contributed by atoms with Gasteiger partial charge in [0, 0.05) is 24.9 Å². The number of benzene rings is 2. The quantitative estimate of drug-likeness (QED) is 0.458. The van der Waals surface area contributed by atoms with E-state index in [1.807, 2.05) is 30.3 Å². The van der Waals surface area contributed by atoms with Crippen LogP contribution in [0.3, 0.4) is 0 Å². The summed E-state index contributed by atoms with van der Waals surface area (Å²) < 4.78 is 5.06.